The summed E-state index contributed by atoms with van der Waals surface area (Å²) in [6, 6.07) is 0.201. The van der Waals surface area contributed by atoms with Gasteiger partial charge in [-0.3, -0.25) is 9.79 Å². The molecule has 0 radical (unpaired) electrons. The van der Waals surface area contributed by atoms with Crippen LogP contribution < -0.4 is 5.32 Å². The lowest BCUT2D eigenvalue weighted by Crippen LogP contribution is -2.66. The van der Waals surface area contributed by atoms with Gasteiger partial charge in [0.1, 0.15) is 0 Å². The van der Waals surface area contributed by atoms with Crippen molar-refractivity contribution in [2.24, 2.45) is 4.99 Å². The Morgan fingerprint density at radius 3 is 2.71 bits per heavy atom. The van der Waals surface area contributed by atoms with E-state index in [2.05, 4.69) is 55.3 Å². The number of hydrogen-bond acceptors (Lipinski definition) is 4. The first-order chi connectivity index (χ1) is 11.3. The van der Waals surface area contributed by atoms with E-state index in [-0.39, 0.29) is 17.5 Å². The lowest BCUT2D eigenvalue weighted by Gasteiger charge is -2.49. The van der Waals surface area contributed by atoms with Gasteiger partial charge in [-0.25, -0.2) is 4.98 Å². The Bertz CT molecular complexity index is 608. The molecule has 6 nitrogen and oxygen atoms in total. The largest absolute Gasteiger partial charge is 0.351 e. The van der Waals surface area contributed by atoms with Gasteiger partial charge in [-0.15, -0.1) is 11.3 Å². The van der Waals surface area contributed by atoms with Crippen LogP contribution in [0.25, 0.3) is 0 Å². The van der Waals surface area contributed by atoms with Gasteiger partial charge in [0.15, 0.2) is 5.96 Å². The first-order valence-electron chi connectivity index (χ1n) is 8.49. The van der Waals surface area contributed by atoms with Crippen LogP contribution in [-0.2, 0) is 17.8 Å². The molecule has 2 heterocycles. The molecule has 0 bridgehead atoms. The molecule has 1 aliphatic rings. The molecule has 1 amide bonds. The number of aromatic nitrogens is 1. The number of nitrogens with zero attached hydrogens (tertiary/aromatic N) is 4. The number of aliphatic imine (C=N–C) groups is 1. The van der Waals surface area contributed by atoms with Crippen molar-refractivity contribution in [2.45, 2.75) is 59.2 Å². The second kappa shape index (κ2) is 7.51. The molecule has 134 valence electrons. The molecule has 1 fully saturated rings. The molecule has 0 spiro atoms. The Morgan fingerprint density at radius 1 is 1.50 bits per heavy atom. The maximum absolute atomic E-state index is 12.6. The van der Waals surface area contributed by atoms with Crippen molar-refractivity contribution in [2.75, 3.05) is 20.1 Å². The average Bonchev–Trinajstić information content (AvgIpc) is 2.93. The fourth-order valence-electron chi connectivity index (χ4n) is 3.41. The summed E-state index contributed by atoms with van der Waals surface area (Å²) in [5, 5.41) is 6.56. The maximum Gasteiger partial charge on any atom is 0.242 e. The van der Waals surface area contributed by atoms with Gasteiger partial charge < -0.3 is 15.1 Å². The zero-order valence-corrected chi connectivity index (χ0v) is 16.4. The number of amides is 1. The number of carbonyl (C=O) groups excluding carboxylic acids is 1. The summed E-state index contributed by atoms with van der Waals surface area (Å²) >= 11 is 1.68. The summed E-state index contributed by atoms with van der Waals surface area (Å²) in [7, 11) is 1.76. The number of carbonyl (C=O) groups is 1. The lowest BCUT2D eigenvalue weighted by atomic mass is 9.96. The van der Waals surface area contributed by atoms with E-state index < -0.39 is 0 Å². The number of guanidine groups is 1. The Kier molecular flexibility index (Phi) is 5.85. The number of hydrogen-bond donors (Lipinski definition) is 1. The van der Waals surface area contributed by atoms with Crippen LogP contribution in [0.4, 0.5) is 0 Å². The molecule has 0 unspecified atom stereocenters. The van der Waals surface area contributed by atoms with Crippen LogP contribution in [0.15, 0.2) is 10.4 Å². The summed E-state index contributed by atoms with van der Waals surface area (Å²) in [6.45, 7) is 12.2. The minimum Gasteiger partial charge on any atom is -0.351 e. The van der Waals surface area contributed by atoms with Crippen molar-refractivity contribution < 1.29 is 4.79 Å². The zero-order chi connectivity index (χ0) is 17.9. The number of rotatable bonds is 4. The highest BCUT2D eigenvalue weighted by Gasteiger charge is 2.40. The SMILES string of the molecule is CCc1nc(CNC(=NC)N2CC(=O)N(C(C)C)C(C)(C)C2)cs1. The minimum atomic E-state index is -0.225. The number of piperazine rings is 1. The highest BCUT2D eigenvalue weighted by molar-refractivity contribution is 7.09. The number of thiazole rings is 1. The number of nitrogens with one attached hydrogen (secondary N) is 1. The maximum atomic E-state index is 12.6. The Balaban J connectivity index is 2.04. The van der Waals surface area contributed by atoms with Crippen LogP contribution in [0, 0.1) is 0 Å². The second-order valence-corrected chi connectivity index (χ2v) is 7.96. The standard InChI is InChI=1S/C17H29N5OS/c1-7-14-20-13(10-24-14)8-19-16(18-6)21-9-15(23)22(12(2)3)17(4,5)11-21/h10,12H,7-9,11H2,1-6H3,(H,18,19). The van der Waals surface area contributed by atoms with E-state index in [9.17, 15) is 4.79 Å². The molecule has 7 heteroatoms. The van der Waals surface area contributed by atoms with Gasteiger partial charge in [0, 0.05) is 25.0 Å². The van der Waals surface area contributed by atoms with Crippen LogP contribution in [0.5, 0.6) is 0 Å². The van der Waals surface area contributed by atoms with Gasteiger partial charge in [0.2, 0.25) is 5.91 Å². The van der Waals surface area contributed by atoms with Gasteiger partial charge in [0.25, 0.3) is 0 Å². The summed E-state index contributed by atoms with van der Waals surface area (Å²) in [5.41, 5.74) is 0.793. The molecule has 0 aromatic carbocycles. The monoisotopic (exact) mass is 351 g/mol. The fourth-order valence-corrected chi connectivity index (χ4v) is 4.15. The highest BCUT2D eigenvalue weighted by Crippen LogP contribution is 2.24. The Hall–Kier alpha value is -1.63. The van der Waals surface area contributed by atoms with E-state index in [0.29, 0.717) is 13.1 Å². The van der Waals surface area contributed by atoms with Gasteiger partial charge >= 0.3 is 0 Å². The highest BCUT2D eigenvalue weighted by atomic mass is 32.1. The molecule has 1 N–H and O–H groups in total. The molecular formula is C17H29N5OS. The summed E-state index contributed by atoms with van der Waals surface area (Å²) in [4.78, 5) is 25.5. The zero-order valence-electron chi connectivity index (χ0n) is 15.6. The van der Waals surface area contributed by atoms with Crippen LogP contribution in [0.1, 0.15) is 45.3 Å². The van der Waals surface area contributed by atoms with Crippen LogP contribution >= 0.6 is 11.3 Å². The molecule has 0 atom stereocenters. The molecule has 1 aromatic rings. The predicted molar refractivity (Wildman–Crippen MR) is 99.3 cm³/mol. The molecule has 1 aliphatic heterocycles. The predicted octanol–water partition coefficient (Wildman–Crippen LogP) is 2.11. The molecule has 2 rings (SSSR count). The molecule has 1 aromatic heterocycles. The molecule has 0 saturated carbocycles. The van der Waals surface area contributed by atoms with Crippen molar-refractivity contribution >= 4 is 23.2 Å². The van der Waals surface area contributed by atoms with Gasteiger partial charge in [-0.05, 0) is 34.1 Å². The quantitative estimate of drug-likeness (QED) is 0.667. The third-order valence-corrected chi connectivity index (χ3v) is 5.22. The van der Waals surface area contributed by atoms with Gasteiger partial charge in [0.05, 0.1) is 29.3 Å². The summed E-state index contributed by atoms with van der Waals surface area (Å²) < 4.78 is 0. The molecule has 1 saturated heterocycles. The molecule has 24 heavy (non-hydrogen) atoms. The first-order valence-corrected chi connectivity index (χ1v) is 9.37. The fraction of sp³-hybridized carbons (Fsp3) is 0.706. The Morgan fingerprint density at radius 2 is 2.21 bits per heavy atom. The lowest BCUT2D eigenvalue weighted by molar-refractivity contribution is -0.145. The molecule has 0 aliphatic carbocycles. The smallest absolute Gasteiger partial charge is 0.242 e. The second-order valence-electron chi connectivity index (χ2n) is 7.01. The molecular weight excluding hydrogens is 322 g/mol. The van der Waals surface area contributed by atoms with E-state index in [0.717, 1.165) is 29.6 Å². The van der Waals surface area contributed by atoms with Crippen molar-refractivity contribution in [3.8, 4) is 0 Å². The van der Waals surface area contributed by atoms with Crippen LogP contribution in [0.2, 0.25) is 0 Å². The normalized spacial score (nSPS) is 18.5. The third kappa shape index (κ3) is 4.06. The number of aryl methyl sites for hydroxylation is 1. The minimum absolute atomic E-state index is 0.145. The van der Waals surface area contributed by atoms with E-state index in [1.807, 2.05) is 9.80 Å². The Labute approximate surface area is 149 Å². The summed E-state index contributed by atoms with van der Waals surface area (Å²) in [6.07, 6.45) is 0.958. The summed E-state index contributed by atoms with van der Waals surface area (Å²) in [5.74, 6) is 0.900. The average molecular weight is 352 g/mol. The first kappa shape index (κ1) is 18.7. The van der Waals surface area contributed by atoms with Crippen molar-refractivity contribution in [3.05, 3.63) is 16.1 Å². The van der Waals surface area contributed by atoms with Crippen LogP contribution in [0.3, 0.4) is 0 Å². The topological polar surface area (TPSA) is 60.8 Å². The van der Waals surface area contributed by atoms with E-state index in [1.165, 1.54) is 0 Å². The third-order valence-electron chi connectivity index (χ3n) is 4.18. The van der Waals surface area contributed by atoms with E-state index in [4.69, 9.17) is 0 Å². The van der Waals surface area contributed by atoms with Gasteiger partial charge in [-0.2, -0.15) is 0 Å². The van der Waals surface area contributed by atoms with Crippen molar-refractivity contribution in [3.63, 3.8) is 0 Å². The van der Waals surface area contributed by atoms with Gasteiger partial charge in [-0.1, -0.05) is 6.92 Å². The van der Waals surface area contributed by atoms with Crippen LogP contribution in [-0.4, -0.2) is 58.4 Å². The van der Waals surface area contributed by atoms with Crippen molar-refractivity contribution in [1.29, 1.82) is 0 Å². The van der Waals surface area contributed by atoms with E-state index in [1.54, 1.807) is 18.4 Å². The van der Waals surface area contributed by atoms with E-state index >= 15 is 0 Å². The van der Waals surface area contributed by atoms with Crippen molar-refractivity contribution in [1.82, 2.24) is 20.1 Å².